The van der Waals surface area contributed by atoms with Gasteiger partial charge in [0.1, 0.15) is 17.1 Å². The van der Waals surface area contributed by atoms with Gasteiger partial charge in [-0.2, -0.15) is 0 Å². The topological polar surface area (TPSA) is 115 Å². The fourth-order valence-electron chi connectivity index (χ4n) is 2.95. The molecule has 3 aromatic rings. The fourth-order valence-corrected chi connectivity index (χ4v) is 4.54. The fraction of sp³-hybridized carbons (Fsp3) is 0.130. The number of carbonyl (C=O) groups excluding carboxylic acids is 2. The number of methoxy groups -OCH3 is 1. The van der Waals surface area contributed by atoms with Crippen LogP contribution in [0, 0.1) is 13.8 Å². The average molecular weight is 489 g/mol. The smallest absolute Gasteiger partial charge is 0.341 e. The van der Waals surface area contributed by atoms with Crippen LogP contribution in [0.15, 0.2) is 63.9 Å². The van der Waals surface area contributed by atoms with E-state index in [1.54, 1.807) is 50.2 Å². The Bertz CT molecular complexity index is 1340. The number of carbonyl (C=O) groups is 2. The Hall–Kier alpha value is -3.56. The molecule has 0 saturated heterocycles. The number of ether oxygens (including phenoxy) is 1. The molecule has 1 amide bonds. The summed E-state index contributed by atoms with van der Waals surface area (Å²) in [6.45, 7) is 3.25. The Morgan fingerprint density at radius 3 is 2.52 bits per heavy atom. The Morgan fingerprint density at radius 2 is 1.82 bits per heavy atom. The number of esters is 1. The quantitative estimate of drug-likeness (QED) is 0.365. The van der Waals surface area contributed by atoms with Gasteiger partial charge in [-0.1, -0.05) is 29.8 Å². The second kappa shape index (κ2) is 9.93. The van der Waals surface area contributed by atoms with E-state index in [1.165, 1.54) is 31.4 Å². The van der Waals surface area contributed by atoms with Gasteiger partial charge in [-0.05, 0) is 55.8 Å². The van der Waals surface area contributed by atoms with Crippen LogP contribution in [0.25, 0.3) is 6.08 Å². The van der Waals surface area contributed by atoms with E-state index in [0.717, 1.165) is 0 Å². The zero-order valence-corrected chi connectivity index (χ0v) is 19.6. The van der Waals surface area contributed by atoms with Crippen LogP contribution in [-0.2, 0) is 19.6 Å². The lowest BCUT2D eigenvalue weighted by atomic mass is 10.2. The van der Waals surface area contributed by atoms with E-state index in [-0.39, 0.29) is 26.9 Å². The summed E-state index contributed by atoms with van der Waals surface area (Å²) in [5, 5.41) is 2.87. The first-order valence-corrected chi connectivity index (χ1v) is 11.5. The first-order chi connectivity index (χ1) is 15.6. The van der Waals surface area contributed by atoms with Gasteiger partial charge in [0, 0.05) is 11.8 Å². The lowest BCUT2D eigenvalue weighted by Crippen LogP contribution is -2.15. The molecule has 0 bridgehead atoms. The molecule has 0 aliphatic heterocycles. The molecule has 8 nitrogen and oxygen atoms in total. The van der Waals surface area contributed by atoms with Gasteiger partial charge in [0.25, 0.3) is 10.0 Å². The van der Waals surface area contributed by atoms with Crippen LogP contribution in [0.4, 0.5) is 11.4 Å². The number of rotatable bonds is 7. The maximum Gasteiger partial charge on any atom is 0.341 e. The van der Waals surface area contributed by atoms with Gasteiger partial charge in [-0.25, -0.2) is 13.2 Å². The number of nitrogens with one attached hydrogen (secondary N) is 2. The molecule has 0 radical (unpaired) electrons. The highest BCUT2D eigenvalue weighted by molar-refractivity contribution is 7.92. The van der Waals surface area contributed by atoms with Crippen molar-refractivity contribution in [1.29, 1.82) is 0 Å². The number of aryl methyl sites for hydroxylation is 2. The highest BCUT2D eigenvalue weighted by Gasteiger charge is 2.19. The van der Waals surface area contributed by atoms with Gasteiger partial charge in [0.2, 0.25) is 5.91 Å². The van der Waals surface area contributed by atoms with E-state index in [9.17, 15) is 18.0 Å². The summed E-state index contributed by atoms with van der Waals surface area (Å²) in [6.07, 6.45) is 2.59. The molecule has 1 heterocycles. The van der Waals surface area contributed by atoms with E-state index >= 15 is 0 Å². The van der Waals surface area contributed by atoms with Crippen molar-refractivity contribution in [2.24, 2.45) is 0 Å². The standard InChI is InChI=1S/C23H21ClN2O6S/c1-14-8-9-16(12-21(14)33(29,30)26-20-7-5-4-6-19(20)24)25-22(27)11-10-17-13-18(15(2)32-17)23(28)31-3/h4-13,26H,1-3H3,(H,25,27)/b11-10+. The van der Waals surface area contributed by atoms with E-state index in [0.29, 0.717) is 17.1 Å². The predicted octanol–water partition coefficient (Wildman–Crippen LogP) is 4.79. The number of benzene rings is 2. The van der Waals surface area contributed by atoms with Gasteiger partial charge < -0.3 is 14.5 Å². The third-order valence-electron chi connectivity index (χ3n) is 4.60. The number of furan rings is 1. The second-order valence-corrected chi connectivity index (χ2v) is 9.06. The van der Waals surface area contributed by atoms with Gasteiger partial charge in [0.05, 0.1) is 22.7 Å². The minimum absolute atomic E-state index is 0.00595. The number of hydrogen-bond donors (Lipinski definition) is 2. The summed E-state index contributed by atoms with van der Waals surface area (Å²) >= 11 is 6.05. The van der Waals surface area contributed by atoms with Crippen molar-refractivity contribution in [1.82, 2.24) is 0 Å². The number of para-hydroxylation sites is 1. The summed E-state index contributed by atoms with van der Waals surface area (Å²) in [5.74, 6) is -0.408. The minimum Gasteiger partial charge on any atom is -0.465 e. The maximum absolute atomic E-state index is 12.9. The zero-order chi connectivity index (χ0) is 24.2. The molecule has 0 unspecified atom stereocenters. The monoisotopic (exact) mass is 488 g/mol. The van der Waals surface area contributed by atoms with E-state index in [2.05, 4.69) is 14.8 Å². The number of anilines is 2. The summed E-state index contributed by atoms with van der Waals surface area (Å²) in [7, 11) is -2.69. The maximum atomic E-state index is 12.9. The van der Waals surface area contributed by atoms with Crippen molar-refractivity contribution in [3.05, 3.63) is 82.3 Å². The highest BCUT2D eigenvalue weighted by atomic mass is 35.5. The minimum atomic E-state index is -3.96. The number of halogens is 1. The molecule has 0 aliphatic carbocycles. The lowest BCUT2D eigenvalue weighted by molar-refractivity contribution is -0.111. The van der Waals surface area contributed by atoms with Crippen LogP contribution < -0.4 is 10.0 Å². The van der Waals surface area contributed by atoms with Crippen molar-refractivity contribution >= 4 is 51.0 Å². The predicted molar refractivity (Wildman–Crippen MR) is 126 cm³/mol. The molecule has 2 aromatic carbocycles. The lowest BCUT2D eigenvalue weighted by Gasteiger charge is -2.13. The molecule has 172 valence electrons. The molecular weight excluding hydrogens is 468 g/mol. The zero-order valence-electron chi connectivity index (χ0n) is 18.0. The molecule has 3 rings (SSSR count). The van der Waals surface area contributed by atoms with Crippen molar-refractivity contribution in [3.63, 3.8) is 0 Å². The Morgan fingerprint density at radius 1 is 1.09 bits per heavy atom. The summed E-state index contributed by atoms with van der Waals surface area (Å²) in [4.78, 5) is 24.0. The number of amides is 1. The van der Waals surface area contributed by atoms with Gasteiger partial charge >= 0.3 is 5.97 Å². The van der Waals surface area contributed by atoms with Crippen molar-refractivity contribution in [2.45, 2.75) is 18.7 Å². The van der Waals surface area contributed by atoms with E-state index in [1.807, 2.05) is 0 Å². The van der Waals surface area contributed by atoms with Crippen LogP contribution in [0.1, 0.15) is 27.4 Å². The van der Waals surface area contributed by atoms with Crippen LogP contribution >= 0.6 is 11.6 Å². The molecule has 0 spiro atoms. The summed E-state index contributed by atoms with van der Waals surface area (Å²) < 4.78 is 38.3. The van der Waals surface area contributed by atoms with E-state index in [4.69, 9.17) is 16.0 Å². The van der Waals surface area contributed by atoms with Crippen LogP contribution in [-0.4, -0.2) is 27.4 Å². The van der Waals surface area contributed by atoms with Crippen LogP contribution in [0.3, 0.4) is 0 Å². The molecular formula is C23H21ClN2O6S. The van der Waals surface area contributed by atoms with Crippen molar-refractivity contribution in [2.75, 3.05) is 17.1 Å². The normalized spacial score (nSPS) is 11.4. The van der Waals surface area contributed by atoms with Crippen LogP contribution in [0.2, 0.25) is 5.02 Å². The van der Waals surface area contributed by atoms with E-state index < -0.39 is 21.9 Å². The first-order valence-electron chi connectivity index (χ1n) is 9.66. The Labute approximate surface area is 196 Å². The van der Waals surface area contributed by atoms with Crippen molar-refractivity contribution < 1.29 is 27.2 Å². The second-order valence-electron chi connectivity index (χ2n) is 7.00. The summed E-state index contributed by atoms with van der Waals surface area (Å²) in [6, 6.07) is 12.5. The van der Waals surface area contributed by atoms with Gasteiger partial charge in [-0.3, -0.25) is 9.52 Å². The molecule has 0 atom stereocenters. The first kappa shape index (κ1) is 24.1. The largest absolute Gasteiger partial charge is 0.465 e. The molecule has 0 saturated carbocycles. The highest BCUT2D eigenvalue weighted by Crippen LogP contribution is 2.27. The van der Waals surface area contributed by atoms with Crippen LogP contribution in [0.5, 0.6) is 0 Å². The molecule has 0 fully saturated rings. The number of hydrogen-bond acceptors (Lipinski definition) is 6. The summed E-state index contributed by atoms with van der Waals surface area (Å²) in [5.41, 5.74) is 1.28. The third kappa shape index (κ3) is 5.82. The Balaban J connectivity index is 1.77. The third-order valence-corrected chi connectivity index (χ3v) is 6.44. The molecule has 33 heavy (non-hydrogen) atoms. The SMILES string of the molecule is COC(=O)c1cc(/C=C/C(=O)Nc2ccc(C)c(S(=O)(=O)Nc3ccccc3Cl)c2)oc1C. The van der Waals surface area contributed by atoms with Gasteiger partial charge in [-0.15, -0.1) is 0 Å². The molecule has 10 heteroatoms. The van der Waals surface area contributed by atoms with Crippen molar-refractivity contribution in [3.8, 4) is 0 Å². The number of sulfonamides is 1. The molecule has 2 N–H and O–H groups in total. The molecule has 1 aromatic heterocycles. The average Bonchev–Trinajstić information content (AvgIpc) is 3.15. The molecule has 0 aliphatic rings. The Kier molecular flexibility index (Phi) is 7.25. The van der Waals surface area contributed by atoms with Gasteiger partial charge in [0.15, 0.2) is 0 Å².